The molecule has 26 heavy (non-hydrogen) atoms. The number of hydrogen-bond donors (Lipinski definition) is 2. The van der Waals surface area contributed by atoms with E-state index in [1.165, 1.54) is 6.20 Å². The van der Waals surface area contributed by atoms with Crippen LogP contribution in [0.1, 0.15) is 15.9 Å². The summed E-state index contributed by atoms with van der Waals surface area (Å²) in [5.74, 6) is 1.14. The number of ether oxygens (including phenoxy) is 1. The molecule has 0 unspecified atom stereocenters. The zero-order valence-electron chi connectivity index (χ0n) is 14.4. The van der Waals surface area contributed by atoms with E-state index in [0.717, 1.165) is 17.0 Å². The van der Waals surface area contributed by atoms with Crippen molar-refractivity contribution in [2.45, 2.75) is 6.92 Å². The molecule has 0 bridgehead atoms. The Morgan fingerprint density at radius 2 is 1.92 bits per heavy atom. The highest BCUT2D eigenvalue weighted by Crippen LogP contribution is 2.22. The van der Waals surface area contributed by atoms with E-state index in [4.69, 9.17) is 16.3 Å². The van der Waals surface area contributed by atoms with Gasteiger partial charge in [-0.05, 0) is 48.9 Å². The van der Waals surface area contributed by atoms with E-state index in [-0.39, 0.29) is 5.91 Å². The molecule has 5 nitrogen and oxygen atoms in total. The van der Waals surface area contributed by atoms with Crippen molar-refractivity contribution >= 4 is 34.7 Å². The third-order valence-electron chi connectivity index (χ3n) is 3.80. The summed E-state index contributed by atoms with van der Waals surface area (Å²) in [7, 11) is 1.62. The van der Waals surface area contributed by atoms with E-state index < -0.39 is 0 Å². The van der Waals surface area contributed by atoms with Gasteiger partial charge in [-0.25, -0.2) is 4.98 Å². The topological polar surface area (TPSA) is 63.2 Å². The second-order valence-corrected chi connectivity index (χ2v) is 6.11. The normalized spacial score (nSPS) is 10.3. The molecule has 0 fully saturated rings. The van der Waals surface area contributed by atoms with Gasteiger partial charge in [0.1, 0.15) is 11.6 Å². The van der Waals surface area contributed by atoms with Crippen molar-refractivity contribution < 1.29 is 9.53 Å². The fourth-order valence-electron chi connectivity index (χ4n) is 2.32. The van der Waals surface area contributed by atoms with Crippen molar-refractivity contribution in [2.24, 2.45) is 0 Å². The Morgan fingerprint density at radius 3 is 2.62 bits per heavy atom. The van der Waals surface area contributed by atoms with Crippen LogP contribution in [0, 0.1) is 6.92 Å². The van der Waals surface area contributed by atoms with Gasteiger partial charge in [0.05, 0.1) is 12.7 Å². The minimum absolute atomic E-state index is 0.245. The average Bonchev–Trinajstić information content (AvgIpc) is 2.65. The van der Waals surface area contributed by atoms with Gasteiger partial charge >= 0.3 is 0 Å². The largest absolute Gasteiger partial charge is 0.497 e. The van der Waals surface area contributed by atoms with Gasteiger partial charge in [0.15, 0.2) is 0 Å². The molecule has 3 aromatic rings. The molecule has 6 heteroatoms. The molecule has 0 saturated carbocycles. The maximum Gasteiger partial charge on any atom is 0.257 e. The minimum Gasteiger partial charge on any atom is -0.497 e. The number of carbonyl (C=O) groups excluding carboxylic acids is 1. The number of anilines is 3. The Balaban J connectivity index is 1.68. The van der Waals surface area contributed by atoms with Crippen LogP contribution >= 0.6 is 11.6 Å². The first-order valence-electron chi connectivity index (χ1n) is 8.00. The number of nitrogens with one attached hydrogen (secondary N) is 2. The Bertz CT molecular complexity index is 927. The first-order valence-corrected chi connectivity index (χ1v) is 8.37. The highest BCUT2D eigenvalue weighted by atomic mass is 35.5. The molecule has 0 radical (unpaired) electrons. The molecule has 1 heterocycles. The summed E-state index contributed by atoms with van der Waals surface area (Å²) in [5.41, 5.74) is 2.91. The highest BCUT2D eigenvalue weighted by molar-refractivity contribution is 6.31. The number of nitrogens with zero attached hydrogens (tertiary/aromatic N) is 1. The van der Waals surface area contributed by atoms with Crippen LogP contribution in [0.2, 0.25) is 5.02 Å². The van der Waals surface area contributed by atoms with Crippen LogP contribution in [0.15, 0.2) is 60.8 Å². The van der Waals surface area contributed by atoms with Crippen molar-refractivity contribution in [3.63, 3.8) is 0 Å². The van der Waals surface area contributed by atoms with E-state index in [1.54, 1.807) is 25.3 Å². The Hall–Kier alpha value is -3.05. The molecule has 1 aromatic heterocycles. The van der Waals surface area contributed by atoms with Gasteiger partial charge in [-0.1, -0.05) is 23.7 Å². The van der Waals surface area contributed by atoms with Crippen molar-refractivity contribution in [1.82, 2.24) is 4.98 Å². The molecule has 2 aromatic carbocycles. The zero-order chi connectivity index (χ0) is 18.5. The van der Waals surface area contributed by atoms with Gasteiger partial charge in [-0.2, -0.15) is 0 Å². The zero-order valence-corrected chi connectivity index (χ0v) is 15.2. The van der Waals surface area contributed by atoms with E-state index in [2.05, 4.69) is 15.6 Å². The number of aromatic nitrogens is 1. The molecule has 0 atom stereocenters. The molecule has 132 valence electrons. The fourth-order valence-corrected chi connectivity index (χ4v) is 2.51. The lowest BCUT2D eigenvalue weighted by atomic mass is 10.2. The molecule has 0 aliphatic rings. The summed E-state index contributed by atoms with van der Waals surface area (Å²) in [5, 5.41) is 6.59. The van der Waals surface area contributed by atoms with Crippen molar-refractivity contribution in [2.75, 3.05) is 17.7 Å². The van der Waals surface area contributed by atoms with Crippen LogP contribution in [0.5, 0.6) is 5.75 Å². The second-order valence-electron chi connectivity index (χ2n) is 5.71. The summed E-state index contributed by atoms with van der Waals surface area (Å²) in [4.78, 5) is 16.6. The smallest absolute Gasteiger partial charge is 0.257 e. The Kier molecular flexibility index (Phi) is 5.39. The number of benzene rings is 2. The lowest BCUT2D eigenvalue weighted by Gasteiger charge is -2.09. The summed E-state index contributed by atoms with van der Waals surface area (Å²) in [6.45, 7) is 1.91. The number of methoxy groups -OCH3 is 1. The molecular weight excluding hydrogens is 350 g/mol. The molecule has 0 saturated heterocycles. The highest BCUT2D eigenvalue weighted by Gasteiger charge is 2.08. The maximum atomic E-state index is 12.3. The maximum absolute atomic E-state index is 12.3. The second kappa shape index (κ2) is 7.89. The van der Waals surface area contributed by atoms with Crippen LogP contribution < -0.4 is 15.4 Å². The van der Waals surface area contributed by atoms with Crippen LogP contribution in [0.4, 0.5) is 17.2 Å². The number of pyridine rings is 1. The monoisotopic (exact) mass is 367 g/mol. The van der Waals surface area contributed by atoms with Gasteiger partial charge in [-0.3, -0.25) is 4.79 Å². The summed E-state index contributed by atoms with van der Waals surface area (Å²) < 4.78 is 5.19. The van der Waals surface area contributed by atoms with Crippen LogP contribution in [0.3, 0.4) is 0 Å². The number of halogens is 1. The van der Waals surface area contributed by atoms with E-state index >= 15 is 0 Å². The Labute approximate surface area is 157 Å². The molecule has 0 spiro atoms. The van der Waals surface area contributed by atoms with Gasteiger partial charge < -0.3 is 15.4 Å². The van der Waals surface area contributed by atoms with E-state index in [0.29, 0.717) is 22.1 Å². The molecule has 1 amide bonds. The molecule has 3 rings (SSSR count). The van der Waals surface area contributed by atoms with E-state index in [9.17, 15) is 4.79 Å². The number of amides is 1. The summed E-state index contributed by atoms with van der Waals surface area (Å²) in [6.07, 6.45) is 1.52. The van der Waals surface area contributed by atoms with Gasteiger partial charge in [0, 0.05) is 28.7 Å². The molecular formula is C20H18ClN3O2. The standard InChI is InChI=1S/C20H18ClN3O2/c1-13-6-8-16(11-18(13)21)24-20(25)14-7-9-19(22-12-14)23-15-4-3-5-17(10-15)26-2/h3-12H,1-2H3,(H,22,23)(H,24,25). The SMILES string of the molecule is COc1cccc(Nc2ccc(C(=O)Nc3ccc(C)c(Cl)c3)cn2)c1. The predicted octanol–water partition coefficient (Wildman–Crippen LogP) is 5.05. The first-order chi connectivity index (χ1) is 12.5. The van der Waals surface area contributed by atoms with Crippen LogP contribution in [-0.2, 0) is 0 Å². The van der Waals surface area contributed by atoms with Gasteiger partial charge in [0.25, 0.3) is 5.91 Å². The minimum atomic E-state index is -0.245. The fraction of sp³-hybridized carbons (Fsp3) is 0.100. The number of hydrogen-bond acceptors (Lipinski definition) is 4. The molecule has 0 aliphatic heterocycles. The van der Waals surface area contributed by atoms with Crippen LogP contribution in [0.25, 0.3) is 0 Å². The number of carbonyl (C=O) groups is 1. The molecule has 0 aliphatic carbocycles. The summed E-state index contributed by atoms with van der Waals surface area (Å²) in [6, 6.07) is 16.4. The lowest BCUT2D eigenvalue weighted by molar-refractivity contribution is 0.102. The third kappa shape index (κ3) is 4.32. The molecule has 2 N–H and O–H groups in total. The van der Waals surface area contributed by atoms with Gasteiger partial charge in [0.2, 0.25) is 0 Å². The van der Waals surface area contributed by atoms with E-state index in [1.807, 2.05) is 43.3 Å². The van der Waals surface area contributed by atoms with Crippen molar-refractivity contribution in [3.05, 3.63) is 76.9 Å². The van der Waals surface area contributed by atoms with Crippen molar-refractivity contribution in [3.8, 4) is 5.75 Å². The van der Waals surface area contributed by atoms with Crippen LogP contribution in [-0.4, -0.2) is 18.0 Å². The number of rotatable bonds is 5. The quantitative estimate of drug-likeness (QED) is 0.662. The van der Waals surface area contributed by atoms with Gasteiger partial charge in [-0.15, -0.1) is 0 Å². The van der Waals surface area contributed by atoms with Crippen molar-refractivity contribution in [1.29, 1.82) is 0 Å². The lowest BCUT2D eigenvalue weighted by Crippen LogP contribution is -2.12. The first kappa shape index (κ1) is 17.8. The Morgan fingerprint density at radius 1 is 1.08 bits per heavy atom. The average molecular weight is 368 g/mol. The number of aryl methyl sites for hydroxylation is 1. The third-order valence-corrected chi connectivity index (χ3v) is 4.20. The summed E-state index contributed by atoms with van der Waals surface area (Å²) >= 11 is 6.08. The predicted molar refractivity (Wildman–Crippen MR) is 105 cm³/mol.